The Bertz CT molecular complexity index is 385. The maximum absolute atomic E-state index is 12.4. The molecule has 0 spiro atoms. The minimum absolute atomic E-state index is 0.0325. The average Bonchev–Trinajstić information content (AvgIpc) is 3.04. The van der Waals surface area contributed by atoms with Crippen molar-refractivity contribution in [1.82, 2.24) is 5.32 Å². The summed E-state index contributed by atoms with van der Waals surface area (Å²) >= 11 is 0. The Morgan fingerprint density at radius 3 is 2.33 bits per heavy atom. The number of aliphatic carboxylic acids is 1. The van der Waals surface area contributed by atoms with E-state index in [1.807, 2.05) is 0 Å². The zero-order valence-electron chi connectivity index (χ0n) is 13.4. The van der Waals surface area contributed by atoms with Gasteiger partial charge in [-0.1, -0.05) is 33.1 Å². The Kier molecular flexibility index (Phi) is 5.28. The summed E-state index contributed by atoms with van der Waals surface area (Å²) in [6, 6.07) is 0. The molecule has 4 nitrogen and oxygen atoms in total. The van der Waals surface area contributed by atoms with E-state index in [0.29, 0.717) is 12.3 Å². The first kappa shape index (κ1) is 16.3. The third kappa shape index (κ3) is 3.98. The molecule has 2 atom stereocenters. The van der Waals surface area contributed by atoms with E-state index in [1.54, 1.807) is 0 Å². The van der Waals surface area contributed by atoms with Crippen molar-refractivity contribution in [2.75, 3.05) is 6.54 Å². The third-order valence-corrected chi connectivity index (χ3v) is 5.31. The quantitative estimate of drug-likeness (QED) is 0.790. The Morgan fingerprint density at radius 2 is 1.76 bits per heavy atom. The highest BCUT2D eigenvalue weighted by Crippen LogP contribution is 2.43. The predicted octanol–water partition coefficient (Wildman–Crippen LogP) is 3.21. The smallest absolute Gasteiger partial charge is 0.307 e. The molecule has 2 aliphatic carbocycles. The van der Waals surface area contributed by atoms with Crippen LogP contribution < -0.4 is 5.32 Å². The lowest BCUT2D eigenvalue weighted by Gasteiger charge is -2.32. The monoisotopic (exact) mass is 295 g/mol. The van der Waals surface area contributed by atoms with Crippen molar-refractivity contribution in [3.05, 3.63) is 0 Å². The average molecular weight is 295 g/mol. The van der Waals surface area contributed by atoms with Gasteiger partial charge in [0.2, 0.25) is 5.91 Å². The van der Waals surface area contributed by atoms with Gasteiger partial charge in [0.15, 0.2) is 0 Å². The van der Waals surface area contributed by atoms with Crippen LogP contribution in [0, 0.1) is 23.2 Å². The van der Waals surface area contributed by atoms with Crippen LogP contribution in [0.15, 0.2) is 0 Å². The summed E-state index contributed by atoms with van der Waals surface area (Å²) in [5, 5.41) is 12.3. The van der Waals surface area contributed by atoms with Crippen molar-refractivity contribution in [3.63, 3.8) is 0 Å². The molecule has 2 rings (SSSR count). The summed E-state index contributed by atoms with van der Waals surface area (Å²) in [5.74, 6) is -1.01. The van der Waals surface area contributed by atoms with Crippen LogP contribution in [0.5, 0.6) is 0 Å². The van der Waals surface area contributed by atoms with E-state index in [2.05, 4.69) is 19.2 Å². The fourth-order valence-corrected chi connectivity index (χ4v) is 4.42. The van der Waals surface area contributed by atoms with Crippen molar-refractivity contribution in [2.45, 2.75) is 65.2 Å². The van der Waals surface area contributed by atoms with Gasteiger partial charge < -0.3 is 10.4 Å². The minimum atomic E-state index is -0.814. The SMILES string of the molecule is CC(C)CC1(CNC(=O)[C@@H]2CCC[C@@H]2C(=O)O)CCCC1. The standard InChI is InChI=1S/C17H29NO3/c1-12(2)10-17(8-3-4-9-17)11-18-15(19)13-6-5-7-14(13)16(20)21/h12-14H,3-11H2,1-2H3,(H,18,19)(H,20,21)/t13-,14+/m1/s1. The maximum atomic E-state index is 12.4. The zero-order valence-corrected chi connectivity index (χ0v) is 13.4. The molecule has 0 heterocycles. The van der Waals surface area contributed by atoms with Gasteiger partial charge in [-0.3, -0.25) is 9.59 Å². The van der Waals surface area contributed by atoms with E-state index in [-0.39, 0.29) is 17.2 Å². The van der Waals surface area contributed by atoms with Gasteiger partial charge in [0.05, 0.1) is 11.8 Å². The van der Waals surface area contributed by atoms with Crippen LogP contribution in [-0.2, 0) is 9.59 Å². The van der Waals surface area contributed by atoms with Crippen molar-refractivity contribution >= 4 is 11.9 Å². The predicted molar refractivity (Wildman–Crippen MR) is 81.8 cm³/mol. The number of carbonyl (C=O) groups is 2. The molecular weight excluding hydrogens is 266 g/mol. The van der Waals surface area contributed by atoms with Crippen LogP contribution in [0.3, 0.4) is 0 Å². The van der Waals surface area contributed by atoms with Gasteiger partial charge in [0.1, 0.15) is 0 Å². The molecule has 2 saturated carbocycles. The van der Waals surface area contributed by atoms with E-state index in [4.69, 9.17) is 0 Å². The molecule has 120 valence electrons. The maximum Gasteiger partial charge on any atom is 0.307 e. The normalized spacial score (nSPS) is 28.0. The van der Waals surface area contributed by atoms with E-state index >= 15 is 0 Å². The third-order valence-electron chi connectivity index (χ3n) is 5.31. The number of hydrogen-bond donors (Lipinski definition) is 2. The van der Waals surface area contributed by atoms with E-state index in [9.17, 15) is 14.7 Å². The number of hydrogen-bond acceptors (Lipinski definition) is 2. The molecule has 0 bridgehead atoms. The fraction of sp³-hybridized carbons (Fsp3) is 0.882. The molecule has 0 aliphatic heterocycles. The van der Waals surface area contributed by atoms with Crippen LogP contribution in [-0.4, -0.2) is 23.5 Å². The number of nitrogens with one attached hydrogen (secondary N) is 1. The summed E-state index contributed by atoms with van der Waals surface area (Å²) in [6.07, 6.45) is 8.27. The first-order chi connectivity index (χ1) is 9.93. The number of amides is 1. The van der Waals surface area contributed by atoms with Crippen molar-refractivity contribution in [3.8, 4) is 0 Å². The largest absolute Gasteiger partial charge is 0.481 e. The van der Waals surface area contributed by atoms with Gasteiger partial charge in [-0.2, -0.15) is 0 Å². The lowest BCUT2D eigenvalue weighted by atomic mass is 9.78. The second kappa shape index (κ2) is 6.80. The van der Waals surface area contributed by atoms with Crippen molar-refractivity contribution in [2.24, 2.45) is 23.2 Å². The first-order valence-corrected chi connectivity index (χ1v) is 8.44. The van der Waals surface area contributed by atoms with Gasteiger partial charge in [0, 0.05) is 6.54 Å². The zero-order chi connectivity index (χ0) is 15.5. The number of carboxylic acids is 1. The van der Waals surface area contributed by atoms with E-state index in [1.165, 1.54) is 25.7 Å². The molecule has 0 aromatic heterocycles. The van der Waals surface area contributed by atoms with E-state index in [0.717, 1.165) is 25.8 Å². The number of carbonyl (C=O) groups excluding carboxylic acids is 1. The summed E-state index contributed by atoms with van der Waals surface area (Å²) in [5.41, 5.74) is 0.251. The van der Waals surface area contributed by atoms with Crippen LogP contribution in [0.1, 0.15) is 65.2 Å². The summed E-state index contributed by atoms with van der Waals surface area (Å²) in [6.45, 7) is 5.20. The van der Waals surface area contributed by atoms with Gasteiger partial charge in [-0.15, -0.1) is 0 Å². The molecule has 0 aromatic rings. The van der Waals surface area contributed by atoms with Crippen LogP contribution in [0.2, 0.25) is 0 Å². The second-order valence-corrected chi connectivity index (χ2v) is 7.51. The highest BCUT2D eigenvalue weighted by atomic mass is 16.4. The van der Waals surface area contributed by atoms with Gasteiger partial charge in [-0.05, 0) is 43.4 Å². The van der Waals surface area contributed by atoms with Gasteiger partial charge >= 0.3 is 5.97 Å². The summed E-state index contributed by atoms with van der Waals surface area (Å²) < 4.78 is 0. The second-order valence-electron chi connectivity index (χ2n) is 7.51. The molecule has 0 saturated heterocycles. The van der Waals surface area contributed by atoms with Crippen LogP contribution in [0.4, 0.5) is 0 Å². The Balaban J connectivity index is 1.91. The highest BCUT2D eigenvalue weighted by molar-refractivity contribution is 5.85. The topological polar surface area (TPSA) is 66.4 Å². The summed E-state index contributed by atoms with van der Waals surface area (Å²) in [7, 11) is 0. The minimum Gasteiger partial charge on any atom is -0.481 e. The van der Waals surface area contributed by atoms with Gasteiger partial charge in [-0.25, -0.2) is 0 Å². The highest BCUT2D eigenvalue weighted by Gasteiger charge is 2.39. The lowest BCUT2D eigenvalue weighted by molar-refractivity contribution is -0.146. The summed E-state index contributed by atoms with van der Waals surface area (Å²) in [4.78, 5) is 23.6. The molecule has 2 aliphatic rings. The molecule has 2 N–H and O–H groups in total. The molecule has 21 heavy (non-hydrogen) atoms. The molecule has 4 heteroatoms. The molecule has 0 aromatic carbocycles. The fourth-order valence-electron chi connectivity index (χ4n) is 4.42. The van der Waals surface area contributed by atoms with Crippen molar-refractivity contribution < 1.29 is 14.7 Å². The van der Waals surface area contributed by atoms with Crippen molar-refractivity contribution in [1.29, 1.82) is 0 Å². The Hall–Kier alpha value is -1.06. The first-order valence-electron chi connectivity index (χ1n) is 8.44. The number of carboxylic acid groups (broad SMARTS) is 1. The van der Waals surface area contributed by atoms with E-state index < -0.39 is 11.9 Å². The lowest BCUT2D eigenvalue weighted by Crippen LogP contribution is -2.41. The molecule has 2 fully saturated rings. The molecule has 0 radical (unpaired) electrons. The molecule has 1 amide bonds. The Labute approximate surface area is 127 Å². The molecule has 0 unspecified atom stereocenters. The Morgan fingerprint density at radius 1 is 1.14 bits per heavy atom. The molecular formula is C17H29NO3. The van der Waals surface area contributed by atoms with Gasteiger partial charge in [0.25, 0.3) is 0 Å². The van der Waals surface area contributed by atoms with Crippen LogP contribution in [0.25, 0.3) is 0 Å². The number of rotatable bonds is 6. The van der Waals surface area contributed by atoms with Crippen LogP contribution >= 0.6 is 0 Å².